The molecule has 0 amide bonds. The van der Waals surface area contributed by atoms with Crippen LogP contribution < -0.4 is 4.90 Å². The van der Waals surface area contributed by atoms with E-state index in [-0.39, 0.29) is 0 Å². The third kappa shape index (κ3) is 1.48. The van der Waals surface area contributed by atoms with Crippen LogP contribution in [0, 0.1) is 0 Å². The molecule has 0 aliphatic carbocycles. The standard InChI is InChI=1S/C13H16N2O/c1-14-6-5-11-12(14)3-2-4-13(11)15-7-9-16-10-8-15/h2-6H,7-10H2,1H3. The summed E-state index contributed by atoms with van der Waals surface area (Å²) in [4.78, 5) is 2.41. The molecule has 0 atom stereocenters. The van der Waals surface area contributed by atoms with Crippen molar-refractivity contribution in [1.29, 1.82) is 0 Å². The monoisotopic (exact) mass is 216 g/mol. The second kappa shape index (κ2) is 3.83. The van der Waals surface area contributed by atoms with Crippen LogP contribution in [0.2, 0.25) is 0 Å². The van der Waals surface area contributed by atoms with Crippen LogP contribution in [0.15, 0.2) is 30.5 Å². The van der Waals surface area contributed by atoms with Crippen LogP contribution in [0.3, 0.4) is 0 Å². The van der Waals surface area contributed by atoms with Gasteiger partial charge in [-0.1, -0.05) is 6.07 Å². The first-order valence-corrected chi connectivity index (χ1v) is 5.73. The van der Waals surface area contributed by atoms with Gasteiger partial charge in [0.25, 0.3) is 0 Å². The lowest BCUT2D eigenvalue weighted by Gasteiger charge is -2.29. The number of fused-ring (bicyclic) bond motifs is 1. The molecule has 0 saturated carbocycles. The van der Waals surface area contributed by atoms with E-state index < -0.39 is 0 Å². The van der Waals surface area contributed by atoms with E-state index in [4.69, 9.17) is 4.74 Å². The number of aryl methyl sites for hydroxylation is 1. The van der Waals surface area contributed by atoms with E-state index in [0.29, 0.717) is 0 Å². The van der Waals surface area contributed by atoms with Gasteiger partial charge in [0.15, 0.2) is 0 Å². The quantitative estimate of drug-likeness (QED) is 0.725. The Balaban J connectivity index is 2.08. The molecule has 1 aliphatic rings. The summed E-state index contributed by atoms with van der Waals surface area (Å²) < 4.78 is 7.56. The molecule has 1 fully saturated rings. The van der Waals surface area contributed by atoms with E-state index in [9.17, 15) is 0 Å². The minimum absolute atomic E-state index is 0.837. The molecule has 1 aromatic carbocycles. The molecular weight excluding hydrogens is 200 g/mol. The minimum Gasteiger partial charge on any atom is -0.378 e. The van der Waals surface area contributed by atoms with E-state index in [1.165, 1.54) is 16.6 Å². The summed E-state index contributed by atoms with van der Waals surface area (Å²) in [6.45, 7) is 3.66. The van der Waals surface area contributed by atoms with E-state index in [1.807, 2.05) is 0 Å². The average Bonchev–Trinajstić information content (AvgIpc) is 2.73. The highest BCUT2D eigenvalue weighted by Gasteiger charge is 2.14. The van der Waals surface area contributed by atoms with Crippen molar-refractivity contribution in [2.45, 2.75) is 0 Å². The second-order valence-electron chi connectivity index (χ2n) is 4.24. The van der Waals surface area contributed by atoms with Crippen molar-refractivity contribution in [3.05, 3.63) is 30.5 Å². The molecule has 2 aromatic rings. The van der Waals surface area contributed by atoms with E-state index in [1.54, 1.807) is 0 Å². The molecule has 0 unspecified atom stereocenters. The van der Waals surface area contributed by atoms with Gasteiger partial charge in [-0.3, -0.25) is 0 Å². The van der Waals surface area contributed by atoms with Crippen LogP contribution in [0.4, 0.5) is 5.69 Å². The summed E-state index contributed by atoms with van der Waals surface area (Å²) >= 11 is 0. The molecule has 3 nitrogen and oxygen atoms in total. The molecule has 0 bridgehead atoms. The average molecular weight is 216 g/mol. The highest BCUT2D eigenvalue weighted by atomic mass is 16.5. The van der Waals surface area contributed by atoms with Crippen molar-refractivity contribution in [3.8, 4) is 0 Å². The molecule has 3 rings (SSSR count). The molecule has 2 heterocycles. The topological polar surface area (TPSA) is 17.4 Å². The first kappa shape index (κ1) is 9.73. The fourth-order valence-electron chi connectivity index (χ4n) is 2.37. The molecule has 3 heteroatoms. The lowest BCUT2D eigenvalue weighted by atomic mass is 10.2. The van der Waals surface area contributed by atoms with Crippen molar-refractivity contribution in [2.75, 3.05) is 31.2 Å². The van der Waals surface area contributed by atoms with Crippen LogP contribution in [0.25, 0.3) is 10.9 Å². The third-order valence-electron chi connectivity index (χ3n) is 3.26. The molecular formula is C13H16N2O. The van der Waals surface area contributed by atoms with Crippen molar-refractivity contribution >= 4 is 16.6 Å². The maximum absolute atomic E-state index is 5.39. The largest absolute Gasteiger partial charge is 0.378 e. The van der Waals surface area contributed by atoms with Gasteiger partial charge >= 0.3 is 0 Å². The van der Waals surface area contributed by atoms with Gasteiger partial charge in [-0.25, -0.2) is 0 Å². The van der Waals surface area contributed by atoms with E-state index in [0.717, 1.165) is 26.3 Å². The maximum Gasteiger partial charge on any atom is 0.0642 e. The number of ether oxygens (including phenoxy) is 1. The Labute approximate surface area is 95.2 Å². The fourth-order valence-corrected chi connectivity index (χ4v) is 2.37. The Bertz CT molecular complexity index is 498. The number of hydrogen-bond acceptors (Lipinski definition) is 2. The van der Waals surface area contributed by atoms with Gasteiger partial charge in [0.2, 0.25) is 0 Å². The summed E-state index contributed by atoms with van der Waals surface area (Å²) in [6, 6.07) is 8.69. The molecule has 0 radical (unpaired) electrons. The molecule has 16 heavy (non-hydrogen) atoms. The Hall–Kier alpha value is -1.48. The normalized spacial score (nSPS) is 16.9. The van der Waals surface area contributed by atoms with Gasteiger partial charge in [-0.05, 0) is 18.2 Å². The fraction of sp³-hybridized carbons (Fsp3) is 0.385. The lowest BCUT2D eigenvalue weighted by Crippen LogP contribution is -2.36. The number of nitrogens with zero attached hydrogens (tertiary/aromatic N) is 2. The van der Waals surface area contributed by atoms with Crippen LogP contribution in [-0.4, -0.2) is 30.9 Å². The van der Waals surface area contributed by atoms with Crippen LogP contribution in [-0.2, 0) is 11.8 Å². The van der Waals surface area contributed by atoms with Gasteiger partial charge in [0.1, 0.15) is 0 Å². The highest BCUT2D eigenvalue weighted by Crippen LogP contribution is 2.27. The lowest BCUT2D eigenvalue weighted by molar-refractivity contribution is 0.123. The Morgan fingerprint density at radius 1 is 1.12 bits per heavy atom. The zero-order chi connectivity index (χ0) is 11.0. The first-order chi connectivity index (χ1) is 7.86. The second-order valence-corrected chi connectivity index (χ2v) is 4.24. The van der Waals surface area contributed by atoms with Gasteiger partial charge in [0, 0.05) is 42.9 Å². The molecule has 1 aliphatic heterocycles. The smallest absolute Gasteiger partial charge is 0.0642 e. The predicted octanol–water partition coefficient (Wildman–Crippen LogP) is 2.01. The summed E-state index contributed by atoms with van der Waals surface area (Å²) in [5.41, 5.74) is 2.63. The van der Waals surface area contributed by atoms with E-state index >= 15 is 0 Å². The summed E-state index contributed by atoms with van der Waals surface area (Å²) in [5, 5.41) is 1.34. The first-order valence-electron chi connectivity index (χ1n) is 5.73. The minimum atomic E-state index is 0.837. The SMILES string of the molecule is Cn1ccc2c(N3CCOCC3)cccc21. The van der Waals surface area contributed by atoms with Gasteiger partial charge in [0.05, 0.1) is 13.2 Å². The van der Waals surface area contributed by atoms with Crippen molar-refractivity contribution in [2.24, 2.45) is 7.05 Å². The summed E-state index contributed by atoms with van der Waals surface area (Å²) in [7, 11) is 2.09. The van der Waals surface area contributed by atoms with Crippen molar-refractivity contribution in [3.63, 3.8) is 0 Å². The van der Waals surface area contributed by atoms with Crippen LogP contribution >= 0.6 is 0 Å². The van der Waals surface area contributed by atoms with Gasteiger partial charge in [-0.15, -0.1) is 0 Å². The molecule has 1 saturated heterocycles. The van der Waals surface area contributed by atoms with Gasteiger partial charge < -0.3 is 14.2 Å². The molecule has 0 N–H and O–H groups in total. The van der Waals surface area contributed by atoms with Crippen molar-refractivity contribution in [1.82, 2.24) is 4.57 Å². The van der Waals surface area contributed by atoms with Crippen LogP contribution in [0.1, 0.15) is 0 Å². The highest BCUT2D eigenvalue weighted by molar-refractivity contribution is 5.92. The Kier molecular flexibility index (Phi) is 2.33. The number of anilines is 1. The summed E-state index contributed by atoms with van der Waals surface area (Å²) in [5.74, 6) is 0. The molecule has 84 valence electrons. The number of hydrogen-bond donors (Lipinski definition) is 0. The summed E-state index contributed by atoms with van der Waals surface area (Å²) in [6.07, 6.45) is 2.12. The maximum atomic E-state index is 5.39. The van der Waals surface area contributed by atoms with Crippen LogP contribution in [0.5, 0.6) is 0 Å². The van der Waals surface area contributed by atoms with Gasteiger partial charge in [-0.2, -0.15) is 0 Å². The Morgan fingerprint density at radius 2 is 1.94 bits per heavy atom. The third-order valence-corrected chi connectivity index (χ3v) is 3.26. The number of benzene rings is 1. The zero-order valence-corrected chi connectivity index (χ0v) is 9.52. The number of rotatable bonds is 1. The predicted molar refractivity (Wildman–Crippen MR) is 66.0 cm³/mol. The zero-order valence-electron chi connectivity index (χ0n) is 9.52. The number of aromatic nitrogens is 1. The van der Waals surface area contributed by atoms with Crippen molar-refractivity contribution < 1.29 is 4.74 Å². The van der Waals surface area contributed by atoms with E-state index in [2.05, 4.69) is 47.0 Å². The Morgan fingerprint density at radius 3 is 2.75 bits per heavy atom. The molecule has 1 aromatic heterocycles. The number of morpholine rings is 1. The molecule has 0 spiro atoms.